The topological polar surface area (TPSA) is 67.2 Å². The van der Waals surface area contributed by atoms with Crippen LogP contribution in [0.1, 0.15) is 12.6 Å². The minimum absolute atomic E-state index is 0.0273. The van der Waals surface area contributed by atoms with Crippen LogP contribution in [0.2, 0.25) is 0 Å². The first-order valence-electron chi connectivity index (χ1n) is 8.79. The molecule has 0 spiro atoms. The summed E-state index contributed by atoms with van der Waals surface area (Å²) in [5.74, 6) is -0.663. The highest BCUT2D eigenvalue weighted by atomic mass is 32.2. The van der Waals surface area contributed by atoms with E-state index in [9.17, 15) is 26.0 Å². The molecule has 0 aliphatic rings. The van der Waals surface area contributed by atoms with E-state index in [1.807, 2.05) is 11.8 Å². The van der Waals surface area contributed by atoms with Crippen LogP contribution in [0.3, 0.4) is 0 Å². The molecule has 11 heteroatoms. The molecule has 6 nitrogen and oxygen atoms in total. The number of sulfonamides is 1. The minimum atomic E-state index is -4.82. The fourth-order valence-corrected chi connectivity index (χ4v) is 3.69. The summed E-state index contributed by atoms with van der Waals surface area (Å²) in [7, 11) is -2.57. The van der Waals surface area contributed by atoms with E-state index in [2.05, 4.69) is 5.10 Å². The zero-order chi connectivity index (χ0) is 22.1. The molecular weight excluding hydrogens is 424 g/mol. The lowest BCUT2D eigenvalue weighted by molar-refractivity contribution is -0.141. The lowest BCUT2D eigenvalue weighted by Gasteiger charge is -2.18. The van der Waals surface area contributed by atoms with Crippen LogP contribution >= 0.6 is 0 Å². The van der Waals surface area contributed by atoms with Gasteiger partial charge in [-0.15, -0.1) is 5.10 Å². The number of nitrogens with one attached hydrogen (secondary N) is 1. The Hall–Kier alpha value is -3.08. The van der Waals surface area contributed by atoms with Crippen LogP contribution in [-0.2, 0) is 16.2 Å². The zero-order valence-electron chi connectivity index (χ0n) is 16.0. The van der Waals surface area contributed by atoms with Gasteiger partial charge in [-0.2, -0.15) is 31.2 Å². The van der Waals surface area contributed by atoms with E-state index in [-0.39, 0.29) is 21.8 Å². The van der Waals surface area contributed by atoms with E-state index in [1.54, 1.807) is 18.0 Å². The van der Waals surface area contributed by atoms with Crippen LogP contribution in [-0.4, -0.2) is 31.9 Å². The predicted octanol–water partition coefficient (Wildman–Crippen LogP) is 4.10. The second kappa shape index (κ2) is 7.98. The quantitative estimate of drug-likeness (QED) is 0.584. The minimum Gasteiger partial charge on any atom is -0.373 e. The van der Waals surface area contributed by atoms with Gasteiger partial charge in [0.2, 0.25) is 0 Å². The normalized spacial score (nSPS) is 12.1. The molecule has 0 bridgehead atoms. The molecule has 1 N–H and O–H groups in total. The van der Waals surface area contributed by atoms with Crippen molar-refractivity contribution in [3.8, 4) is 11.3 Å². The Morgan fingerprint density at radius 3 is 2.33 bits per heavy atom. The number of rotatable bonds is 6. The number of alkyl halides is 3. The molecule has 0 radical (unpaired) electrons. The summed E-state index contributed by atoms with van der Waals surface area (Å²) < 4.78 is 79.3. The van der Waals surface area contributed by atoms with E-state index in [0.29, 0.717) is 17.4 Å². The Morgan fingerprint density at radius 1 is 1.10 bits per heavy atom. The molecule has 0 fully saturated rings. The van der Waals surface area contributed by atoms with Crippen LogP contribution in [0.15, 0.2) is 59.5 Å². The third-order valence-electron chi connectivity index (χ3n) is 4.39. The SMILES string of the molecule is CCN(C)c1ccc(-c2cc(C(F)(F)F)nn2NS(=O)(=O)c2ccccc2)cc1F. The second-order valence-corrected chi connectivity index (χ2v) is 8.07. The summed E-state index contributed by atoms with van der Waals surface area (Å²) >= 11 is 0. The molecule has 0 amide bonds. The van der Waals surface area contributed by atoms with Crippen LogP contribution in [0, 0.1) is 5.82 Å². The maximum absolute atomic E-state index is 14.5. The van der Waals surface area contributed by atoms with Crippen molar-refractivity contribution < 1.29 is 26.0 Å². The first-order valence-corrected chi connectivity index (χ1v) is 10.3. The molecule has 0 unspecified atom stereocenters. The van der Waals surface area contributed by atoms with Crippen molar-refractivity contribution in [1.29, 1.82) is 0 Å². The van der Waals surface area contributed by atoms with E-state index >= 15 is 0 Å². The molecule has 160 valence electrons. The third kappa shape index (κ3) is 4.40. The number of nitrogens with zero attached hydrogens (tertiary/aromatic N) is 3. The maximum Gasteiger partial charge on any atom is 0.435 e. The molecule has 3 rings (SSSR count). The average Bonchev–Trinajstić information content (AvgIpc) is 3.11. The average molecular weight is 442 g/mol. The van der Waals surface area contributed by atoms with Crippen LogP contribution < -0.4 is 9.73 Å². The highest BCUT2D eigenvalue weighted by Crippen LogP contribution is 2.33. The van der Waals surface area contributed by atoms with Gasteiger partial charge in [-0.1, -0.05) is 24.3 Å². The number of hydrogen-bond acceptors (Lipinski definition) is 4. The molecule has 3 aromatic rings. The summed E-state index contributed by atoms with van der Waals surface area (Å²) in [6.07, 6.45) is -4.82. The van der Waals surface area contributed by atoms with Crippen molar-refractivity contribution in [3.63, 3.8) is 0 Å². The van der Waals surface area contributed by atoms with E-state index in [1.165, 1.54) is 36.4 Å². The van der Waals surface area contributed by atoms with Crippen molar-refractivity contribution in [2.45, 2.75) is 18.0 Å². The first kappa shape index (κ1) is 21.6. The Kier molecular flexibility index (Phi) is 5.75. The number of halogens is 4. The van der Waals surface area contributed by atoms with Gasteiger partial charge in [0.1, 0.15) is 5.82 Å². The Bertz CT molecular complexity index is 1150. The molecule has 1 heterocycles. The van der Waals surface area contributed by atoms with Crippen molar-refractivity contribution in [3.05, 3.63) is 66.1 Å². The van der Waals surface area contributed by atoms with Crippen molar-refractivity contribution in [2.24, 2.45) is 0 Å². The molecule has 30 heavy (non-hydrogen) atoms. The summed E-state index contributed by atoms with van der Waals surface area (Å²) in [6.45, 7) is 2.33. The Morgan fingerprint density at radius 2 is 1.77 bits per heavy atom. The van der Waals surface area contributed by atoms with Crippen molar-refractivity contribution in [1.82, 2.24) is 9.89 Å². The largest absolute Gasteiger partial charge is 0.435 e. The molecule has 0 aliphatic carbocycles. The van der Waals surface area contributed by atoms with E-state index < -0.39 is 27.7 Å². The number of benzene rings is 2. The molecule has 0 atom stereocenters. The third-order valence-corrected chi connectivity index (χ3v) is 5.70. The number of anilines is 1. The standard InChI is InChI=1S/C19H18F4N4O2S/c1-3-26(2)16-10-9-13(11-15(16)20)17-12-18(19(21,22)23)24-27(17)25-30(28,29)14-7-5-4-6-8-14/h4-12,25H,3H2,1-2H3. The van der Waals surface area contributed by atoms with Gasteiger partial charge in [-0.3, -0.25) is 0 Å². The van der Waals surface area contributed by atoms with Gasteiger partial charge < -0.3 is 4.90 Å². The molecule has 0 aliphatic heterocycles. The molecule has 0 saturated heterocycles. The summed E-state index contributed by atoms with van der Waals surface area (Å²) in [6, 6.07) is 11.6. The van der Waals surface area contributed by atoms with Gasteiger partial charge in [-0.25, -0.2) is 4.39 Å². The molecule has 0 saturated carbocycles. The Balaban J connectivity index is 2.09. The first-order chi connectivity index (χ1) is 14.0. The van der Waals surface area contributed by atoms with Gasteiger partial charge in [0.25, 0.3) is 10.0 Å². The fraction of sp³-hybridized carbons (Fsp3) is 0.211. The van der Waals surface area contributed by atoms with Crippen molar-refractivity contribution in [2.75, 3.05) is 23.3 Å². The second-order valence-electron chi connectivity index (χ2n) is 6.41. The van der Waals surface area contributed by atoms with Gasteiger partial charge >= 0.3 is 6.18 Å². The fourth-order valence-electron chi connectivity index (χ4n) is 2.71. The van der Waals surface area contributed by atoms with Gasteiger partial charge in [0, 0.05) is 19.2 Å². The lowest BCUT2D eigenvalue weighted by Crippen LogP contribution is -2.25. The van der Waals surface area contributed by atoms with Crippen molar-refractivity contribution >= 4 is 15.7 Å². The summed E-state index contributed by atoms with van der Waals surface area (Å²) in [5.41, 5.74) is -1.29. The number of aromatic nitrogens is 2. The van der Waals surface area contributed by atoms with Gasteiger partial charge in [0.05, 0.1) is 16.3 Å². The zero-order valence-corrected chi connectivity index (χ0v) is 16.8. The summed E-state index contributed by atoms with van der Waals surface area (Å²) in [4.78, 5) is 3.96. The van der Waals surface area contributed by atoms with Gasteiger partial charge in [-0.05, 0) is 37.3 Å². The van der Waals surface area contributed by atoms with E-state index in [4.69, 9.17) is 0 Å². The molecule has 1 aromatic heterocycles. The maximum atomic E-state index is 14.5. The van der Waals surface area contributed by atoms with E-state index in [0.717, 1.165) is 6.07 Å². The number of hydrogen-bond donors (Lipinski definition) is 1. The smallest absolute Gasteiger partial charge is 0.373 e. The highest BCUT2D eigenvalue weighted by molar-refractivity contribution is 7.92. The Labute approximate surface area is 170 Å². The molecular formula is C19H18F4N4O2S. The highest BCUT2D eigenvalue weighted by Gasteiger charge is 2.36. The molecule has 2 aromatic carbocycles. The van der Waals surface area contributed by atoms with Crippen LogP contribution in [0.4, 0.5) is 23.2 Å². The van der Waals surface area contributed by atoms with Crippen LogP contribution in [0.5, 0.6) is 0 Å². The lowest BCUT2D eigenvalue weighted by atomic mass is 10.1. The predicted molar refractivity (Wildman–Crippen MR) is 105 cm³/mol. The monoisotopic (exact) mass is 442 g/mol. The van der Waals surface area contributed by atoms with Gasteiger partial charge in [0.15, 0.2) is 5.69 Å². The van der Waals surface area contributed by atoms with Crippen LogP contribution in [0.25, 0.3) is 11.3 Å². The summed E-state index contributed by atoms with van der Waals surface area (Å²) in [5, 5.41) is 3.34.